The van der Waals surface area contributed by atoms with Crippen molar-refractivity contribution in [2.75, 3.05) is 19.0 Å². The molecule has 7 heteroatoms. The van der Waals surface area contributed by atoms with Gasteiger partial charge in [0.1, 0.15) is 5.25 Å². The summed E-state index contributed by atoms with van der Waals surface area (Å²) in [5, 5.41) is 17.3. The fraction of sp³-hybridized carbons (Fsp3) is 0.667. The Labute approximate surface area is 103 Å². The minimum absolute atomic E-state index is 0.0641. The highest BCUT2D eigenvalue weighted by Gasteiger charge is 2.24. The molecule has 16 heavy (non-hydrogen) atoms. The van der Waals surface area contributed by atoms with Crippen molar-refractivity contribution in [3.05, 3.63) is 0 Å². The highest BCUT2D eigenvalue weighted by atomic mass is 32.2. The largest absolute Gasteiger partial charge is 0.480 e. The topological polar surface area (TPSA) is 66.3 Å². The molecular formula is C9H15N3O2S2. The molecule has 0 aliphatic heterocycles. The van der Waals surface area contributed by atoms with Gasteiger partial charge in [-0.25, -0.2) is 0 Å². The van der Waals surface area contributed by atoms with Crippen molar-refractivity contribution in [2.45, 2.75) is 23.4 Å². The first-order valence-electron chi connectivity index (χ1n) is 4.82. The molecule has 0 bridgehead atoms. The minimum Gasteiger partial charge on any atom is -0.480 e. The zero-order valence-corrected chi connectivity index (χ0v) is 11.3. The van der Waals surface area contributed by atoms with Crippen LogP contribution in [-0.2, 0) is 4.79 Å². The Morgan fingerprint density at radius 2 is 2.06 bits per heavy atom. The molecular weight excluding hydrogens is 246 g/mol. The van der Waals surface area contributed by atoms with Crippen molar-refractivity contribution >= 4 is 34.2 Å². The van der Waals surface area contributed by atoms with Crippen LogP contribution in [0.3, 0.4) is 0 Å². The minimum atomic E-state index is -0.804. The second kappa shape index (κ2) is 5.49. The van der Waals surface area contributed by atoms with E-state index < -0.39 is 11.2 Å². The van der Waals surface area contributed by atoms with E-state index in [-0.39, 0.29) is 5.92 Å². The van der Waals surface area contributed by atoms with Crippen LogP contribution in [-0.4, -0.2) is 40.6 Å². The summed E-state index contributed by atoms with van der Waals surface area (Å²) in [5.74, 6) is -0.740. The molecule has 0 saturated carbocycles. The number of carboxylic acids is 1. The summed E-state index contributed by atoms with van der Waals surface area (Å²) in [6, 6.07) is 0. The molecule has 90 valence electrons. The number of nitrogens with zero attached hydrogens (tertiary/aromatic N) is 3. The molecule has 1 N–H and O–H groups in total. The Kier molecular flexibility index (Phi) is 4.55. The van der Waals surface area contributed by atoms with Crippen LogP contribution in [0.4, 0.5) is 5.13 Å². The normalized spacial score (nSPS) is 12.8. The number of hydrogen-bond acceptors (Lipinski definition) is 6. The Hall–Kier alpha value is -0.820. The van der Waals surface area contributed by atoms with Gasteiger partial charge in [-0.15, -0.1) is 10.2 Å². The van der Waals surface area contributed by atoms with Crippen molar-refractivity contribution in [2.24, 2.45) is 5.92 Å². The van der Waals surface area contributed by atoms with Crippen molar-refractivity contribution in [1.29, 1.82) is 0 Å². The maximum atomic E-state index is 11.0. The van der Waals surface area contributed by atoms with Crippen molar-refractivity contribution in [3.8, 4) is 0 Å². The number of carbonyl (C=O) groups is 1. The van der Waals surface area contributed by atoms with Crippen LogP contribution in [0.2, 0.25) is 0 Å². The van der Waals surface area contributed by atoms with Crippen LogP contribution in [0, 0.1) is 5.92 Å². The Morgan fingerprint density at radius 1 is 1.44 bits per heavy atom. The number of aromatic nitrogens is 2. The van der Waals surface area contributed by atoms with Gasteiger partial charge in [-0.05, 0) is 5.92 Å². The monoisotopic (exact) mass is 261 g/mol. The van der Waals surface area contributed by atoms with Crippen molar-refractivity contribution in [3.63, 3.8) is 0 Å². The molecule has 0 radical (unpaired) electrons. The van der Waals surface area contributed by atoms with E-state index in [2.05, 4.69) is 10.2 Å². The fourth-order valence-electron chi connectivity index (χ4n) is 1.01. The molecule has 1 heterocycles. The second-order valence-electron chi connectivity index (χ2n) is 3.87. The zero-order chi connectivity index (χ0) is 12.3. The third-order valence-corrected chi connectivity index (χ3v) is 4.56. The van der Waals surface area contributed by atoms with E-state index in [1.54, 1.807) is 0 Å². The van der Waals surface area contributed by atoms with Gasteiger partial charge in [0.05, 0.1) is 0 Å². The summed E-state index contributed by atoms with van der Waals surface area (Å²) in [4.78, 5) is 12.9. The van der Waals surface area contributed by atoms with E-state index in [1.807, 2.05) is 32.8 Å². The molecule has 1 rings (SSSR count). The van der Waals surface area contributed by atoms with E-state index in [9.17, 15) is 4.79 Å². The van der Waals surface area contributed by atoms with Gasteiger partial charge < -0.3 is 10.0 Å². The van der Waals surface area contributed by atoms with Gasteiger partial charge in [0.25, 0.3) is 0 Å². The lowest BCUT2D eigenvalue weighted by atomic mass is 10.1. The predicted octanol–water partition coefficient (Wildman–Crippen LogP) is 1.81. The molecule has 1 aromatic heterocycles. The number of aliphatic carboxylic acids is 1. The first kappa shape index (κ1) is 13.2. The quantitative estimate of drug-likeness (QED) is 0.815. The average molecular weight is 261 g/mol. The lowest BCUT2D eigenvalue weighted by molar-refractivity contribution is -0.137. The molecule has 0 aliphatic rings. The van der Waals surface area contributed by atoms with Gasteiger partial charge in [0.2, 0.25) is 5.13 Å². The van der Waals surface area contributed by atoms with E-state index in [0.29, 0.717) is 4.34 Å². The molecule has 0 amide bonds. The lowest BCUT2D eigenvalue weighted by Crippen LogP contribution is -2.22. The SMILES string of the molecule is CC(C)C(Sc1nnc(N(C)C)s1)C(=O)O. The second-order valence-corrected chi connectivity index (χ2v) is 6.21. The molecule has 0 aliphatic carbocycles. The Morgan fingerprint density at radius 3 is 2.44 bits per heavy atom. The van der Waals surface area contributed by atoms with Gasteiger partial charge in [-0.3, -0.25) is 4.79 Å². The highest BCUT2D eigenvalue weighted by molar-refractivity contribution is 8.02. The summed E-state index contributed by atoms with van der Waals surface area (Å²) in [7, 11) is 3.76. The van der Waals surface area contributed by atoms with Crippen LogP contribution in [0.5, 0.6) is 0 Å². The smallest absolute Gasteiger partial charge is 0.317 e. The van der Waals surface area contributed by atoms with Crippen molar-refractivity contribution in [1.82, 2.24) is 10.2 Å². The van der Waals surface area contributed by atoms with Gasteiger partial charge in [0, 0.05) is 14.1 Å². The van der Waals surface area contributed by atoms with Crippen LogP contribution in [0.15, 0.2) is 4.34 Å². The number of rotatable bonds is 5. The first-order chi connectivity index (χ1) is 7.41. The molecule has 0 fully saturated rings. The van der Waals surface area contributed by atoms with Crippen LogP contribution in [0.25, 0.3) is 0 Å². The number of anilines is 1. The Bertz CT molecular complexity index is 365. The molecule has 0 spiro atoms. The summed E-state index contributed by atoms with van der Waals surface area (Å²) in [6.45, 7) is 3.78. The summed E-state index contributed by atoms with van der Waals surface area (Å²) < 4.78 is 0.699. The number of hydrogen-bond donors (Lipinski definition) is 1. The van der Waals surface area contributed by atoms with Crippen LogP contribution < -0.4 is 4.90 Å². The molecule has 0 saturated heterocycles. The van der Waals surface area contributed by atoms with Gasteiger partial charge >= 0.3 is 5.97 Å². The van der Waals surface area contributed by atoms with E-state index in [1.165, 1.54) is 23.1 Å². The number of thioether (sulfide) groups is 1. The summed E-state index contributed by atoms with van der Waals surface area (Å²) in [6.07, 6.45) is 0. The maximum absolute atomic E-state index is 11.0. The predicted molar refractivity (Wildman–Crippen MR) is 66.4 cm³/mol. The summed E-state index contributed by atoms with van der Waals surface area (Å²) >= 11 is 2.67. The Balaban J connectivity index is 2.74. The van der Waals surface area contributed by atoms with Gasteiger partial charge in [-0.2, -0.15) is 0 Å². The van der Waals surface area contributed by atoms with Crippen LogP contribution >= 0.6 is 23.1 Å². The maximum Gasteiger partial charge on any atom is 0.317 e. The van der Waals surface area contributed by atoms with E-state index in [0.717, 1.165) is 5.13 Å². The molecule has 0 aromatic carbocycles. The molecule has 1 unspecified atom stereocenters. The van der Waals surface area contributed by atoms with Crippen LogP contribution in [0.1, 0.15) is 13.8 Å². The fourth-order valence-corrected chi connectivity index (χ4v) is 2.92. The van der Waals surface area contributed by atoms with E-state index >= 15 is 0 Å². The average Bonchev–Trinajstić information content (AvgIpc) is 2.61. The number of carboxylic acid groups (broad SMARTS) is 1. The van der Waals surface area contributed by atoms with Gasteiger partial charge in [0.15, 0.2) is 4.34 Å². The highest BCUT2D eigenvalue weighted by Crippen LogP contribution is 2.32. The molecule has 1 atom stereocenters. The zero-order valence-electron chi connectivity index (χ0n) is 9.67. The van der Waals surface area contributed by atoms with Gasteiger partial charge in [-0.1, -0.05) is 36.9 Å². The third kappa shape index (κ3) is 3.34. The lowest BCUT2D eigenvalue weighted by Gasteiger charge is -2.13. The molecule has 1 aromatic rings. The summed E-state index contributed by atoms with van der Waals surface area (Å²) in [5.41, 5.74) is 0. The van der Waals surface area contributed by atoms with E-state index in [4.69, 9.17) is 5.11 Å². The third-order valence-electron chi connectivity index (χ3n) is 1.86. The molecule has 5 nitrogen and oxygen atoms in total. The van der Waals surface area contributed by atoms with Crippen molar-refractivity contribution < 1.29 is 9.90 Å². The standard InChI is InChI=1S/C9H15N3O2S2/c1-5(2)6(7(13)14)15-9-11-10-8(16-9)12(3)4/h5-6H,1-4H3,(H,13,14). The first-order valence-corrected chi connectivity index (χ1v) is 6.51.